The molecule has 0 radical (unpaired) electrons. The summed E-state index contributed by atoms with van der Waals surface area (Å²) in [4.78, 5) is 23.4. The zero-order chi connectivity index (χ0) is 26.1. The lowest BCUT2D eigenvalue weighted by atomic mass is 10.1. The van der Waals surface area contributed by atoms with Gasteiger partial charge in [0.1, 0.15) is 23.7 Å². The summed E-state index contributed by atoms with van der Waals surface area (Å²) in [5, 5.41) is 9.37. The molecule has 4 heterocycles. The predicted molar refractivity (Wildman–Crippen MR) is 134 cm³/mol. The second-order valence-electron chi connectivity index (χ2n) is 8.82. The van der Waals surface area contributed by atoms with Crippen LogP contribution in [0.3, 0.4) is 0 Å². The molecule has 0 N–H and O–H groups in total. The molecule has 0 fully saturated rings. The molecule has 0 bridgehead atoms. The van der Waals surface area contributed by atoms with Gasteiger partial charge >= 0.3 is 0 Å². The number of ether oxygens (including phenoxy) is 1. The van der Waals surface area contributed by atoms with Crippen molar-refractivity contribution in [1.29, 1.82) is 0 Å². The summed E-state index contributed by atoms with van der Waals surface area (Å²) < 4.78 is 33.9. The molecule has 1 aliphatic heterocycles. The SMILES string of the molecule is CC(C)n1ncc(Cl)c1-c1nc2n(n1)CCC(=O)N2Cc1ccc(-c2ncccc2OCC(F)F)cc1. The number of pyridine rings is 1. The Morgan fingerprint density at radius 1 is 1.16 bits per heavy atom. The number of benzene rings is 1. The first-order valence-corrected chi connectivity index (χ1v) is 12.1. The zero-order valence-electron chi connectivity index (χ0n) is 20.2. The van der Waals surface area contributed by atoms with Gasteiger partial charge in [-0.3, -0.25) is 19.4 Å². The summed E-state index contributed by atoms with van der Waals surface area (Å²) in [7, 11) is 0. The largest absolute Gasteiger partial charge is 0.485 e. The van der Waals surface area contributed by atoms with Gasteiger partial charge in [0.15, 0.2) is 0 Å². The van der Waals surface area contributed by atoms with Crippen LogP contribution in [-0.2, 0) is 17.9 Å². The van der Waals surface area contributed by atoms with Crippen LogP contribution in [-0.4, -0.2) is 48.5 Å². The molecule has 3 aromatic heterocycles. The summed E-state index contributed by atoms with van der Waals surface area (Å²) in [6.07, 6.45) is 0.853. The van der Waals surface area contributed by atoms with Crippen molar-refractivity contribution in [2.24, 2.45) is 0 Å². The number of nitrogens with zero attached hydrogens (tertiary/aromatic N) is 7. The summed E-state index contributed by atoms with van der Waals surface area (Å²) in [5.41, 5.74) is 2.63. The molecule has 192 valence electrons. The fraction of sp³-hybridized carbons (Fsp3) is 0.320. The quantitative estimate of drug-likeness (QED) is 0.319. The highest BCUT2D eigenvalue weighted by Gasteiger charge is 2.30. The minimum Gasteiger partial charge on any atom is -0.485 e. The summed E-state index contributed by atoms with van der Waals surface area (Å²) >= 11 is 6.39. The second-order valence-corrected chi connectivity index (χ2v) is 9.22. The molecular weight excluding hydrogens is 504 g/mol. The summed E-state index contributed by atoms with van der Waals surface area (Å²) in [6, 6.07) is 10.6. The molecule has 9 nitrogen and oxygen atoms in total. The highest BCUT2D eigenvalue weighted by Crippen LogP contribution is 2.32. The topological polar surface area (TPSA) is 91.0 Å². The first-order chi connectivity index (χ1) is 17.8. The fourth-order valence-corrected chi connectivity index (χ4v) is 4.37. The lowest BCUT2D eigenvalue weighted by Crippen LogP contribution is -2.37. The third-order valence-corrected chi connectivity index (χ3v) is 6.16. The van der Waals surface area contributed by atoms with Crippen LogP contribution in [0.4, 0.5) is 14.7 Å². The van der Waals surface area contributed by atoms with Crippen molar-refractivity contribution < 1.29 is 18.3 Å². The minimum absolute atomic E-state index is 0.0553. The molecule has 0 saturated carbocycles. The number of aromatic nitrogens is 6. The van der Waals surface area contributed by atoms with E-state index in [1.54, 1.807) is 38.8 Å². The molecule has 1 amide bonds. The number of hydrogen-bond donors (Lipinski definition) is 0. The van der Waals surface area contributed by atoms with Crippen molar-refractivity contribution in [1.82, 2.24) is 29.5 Å². The molecule has 4 aromatic rings. The van der Waals surface area contributed by atoms with E-state index in [9.17, 15) is 13.6 Å². The first kappa shape index (κ1) is 24.8. The standard InChI is InChI=1S/C25H24ClF2N7O2/c1-15(2)35-23(18(26)12-30-35)24-31-25-33(21(36)9-11-34(25)32-24)13-16-5-7-17(8-6-16)22-19(4-3-10-29-22)37-14-20(27)28/h3-8,10,12,15,20H,9,11,13-14H2,1-2H3. The van der Waals surface area contributed by atoms with Gasteiger partial charge < -0.3 is 4.74 Å². The van der Waals surface area contributed by atoms with Crippen LogP contribution >= 0.6 is 11.6 Å². The van der Waals surface area contributed by atoms with Gasteiger partial charge in [0.25, 0.3) is 6.43 Å². The van der Waals surface area contributed by atoms with Crippen LogP contribution in [0, 0.1) is 0 Å². The number of hydrogen-bond acceptors (Lipinski definition) is 6. The molecule has 37 heavy (non-hydrogen) atoms. The molecular formula is C25H24ClF2N7O2. The van der Waals surface area contributed by atoms with Gasteiger partial charge in [-0.1, -0.05) is 35.9 Å². The van der Waals surface area contributed by atoms with E-state index in [0.717, 1.165) is 5.56 Å². The molecule has 1 aromatic carbocycles. The highest BCUT2D eigenvalue weighted by molar-refractivity contribution is 6.32. The van der Waals surface area contributed by atoms with Crippen molar-refractivity contribution in [3.8, 4) is 28.5 Å². The Morgan fingerprint density at radius 3 is 2.68 bits per heavy atom. The van der Waals surface area contributed by atoms with Crippen molar-refractivity contribution in [3.63, 3.8) is 0 Å². The Labute approximate surface area is 216 Å². The van der Waals surface area contributed by atoms with E-state index in [1.165, 1.54) is 0 Å². The van der Waals surface area contributed by atoms with E-state index < -0.39 is 13.0 Å². The lowest BCUT2D eigenvalue weighted by Gasteiger charge is -2.26. The number of carbonyl (C=O) groups is 1. The van der Waals surface area contributed by atoms with Crippen molar-refractivity contribution in [3.05, 3.63) is 59.4 Å². The average molecular weight is 528 g/mol. The second kappa shape index (κ2) is 10.3. The van der Waals surface area contributed by atoms with Gasteiger partial charge in [-0.15, -0.1) is 5.10 Å². The van der Waals surface area contributed by atoms with Crippen LogP contribution in [0.1, 0.15) is 31.9 Å². The Kier molecular flexibility index (Phi) is 6.88. The first-order valence-electron chi connectivity index (χ1n) is 11.8. The number of amides is 1. The Bertz CT molecular complexity index is 1420. The maximum Gasteiger partial charge on any atom is 0.272 e. The van der Waals surface area contributed by atoms with E-state index in [1.807, 2.05) is 38.1 Å². The van der Waals surface area contributed by atoms with Gasteiger partial charge in [0.2, 0.25) is 17.7 Å². The van der Waals surface area contributed by atoms with Crippen molar-refractivity contribution in [2.45, 2.75) is 45.8 Å². The van der Waals surface area contributed by atoms with Gasteiger partial charge in [0, 0.05) is 24.2 Å². The van der Waals surface area contributed by atoms with Crippen LogP contribution in [0.5, 0.6) is 5.75 Å². The smallest absolute Gasteiger partial charge is 0.272 e. The molecule has 0 unspecified atom stereocenters. The Hall–Kier alpha value is -3.86. The summed E-state index contributed by atoms with van der Waals surface area (Å²) in [6.45, 7) is 3.97. The van der Waals surface area contributed by atoms with Crippen molar-refractivity contribution in [2.75, 3.05) is 11.5 Å². The number of anilines is 1. The zero-order valence-corrected chi connectivity index (χ0v) is 20.9. The third kappa shape index (κ3) is 5.04. The number of halogens is 3. The van der Waals surface area contributed by atoms with E-state index in [4.69, 9.17) is 16.3 Å². The Balaban J connectivity index is 1.40. The van der Waals surface area contributed by atoms with E-state index in [-0.39, 0.29) is 24.2 Å². The molecule has 1 aliphatic rings. The lowest BCUT2D eigenvalue weighted by molar-refractivity contribution is -0.119. The molecule has 0 spiro atoms. The number of aryl methyl sites for hydroxylation is 1. The maximum absolute atomic E-state index is 12.9. The number of fused-ring (bicyclic) bond motifs is 1. The monoisotopic (exact) mass is 527 g/mol. The highest BCUT2D eigenvalue weighted by atomic mass is 35.5. The fourth-order valence-electron chi connectivity index (χ4n) is 4.16. The maximum atomic E-state index is 12.9. The molecule has 5 rings (SSSR count). The Morgan fingerprint density at radius 2 is 1.95 bits per heavy atom. The van der Waals surface area contributed by atoms with Crippen molar-refractivity contribution >= 4 is 23.5 Å². The van der Waals surface area contributed by atoms with Gasteiger partial charge in [0.05, 0.1) is 24.3 Å². The third-order valence-electron chi connectivity index (χ3n) is 5.89. The molecule has 0 aliphatic carbocycles. The van der Waals surface area contributed by atoms with Crippen LogP contribution < -0.4 is 9.64 Å². The van der Waals surface area contributed by atoms with Gasteiger partial charge in [-0.25, -0.2) is 13.5 Å². The molecule has 12 heteroatoms. The van der Waals surface area contributed by atoms with Crippen LogP contribution in [0.2, 0.25) is 5.02 Å². The molecule has 0 atom stereocenters. The number of alkyl halides is 2. The van der Waals surface area contributed by atoms with E-state index in [0.29, 0.717) is 46.7 Å². The predicted octanol–water partition coefficient (Wildman–Crippen LogP) is 5.02. The number of rotatable bonds is 8. The average Bonchev–Trinajstić information content (AvgIpc) is 3.48. The van der Waals surface area contributed by atoms with Crippen LogP contribution in [0.25, 0.3) is 22.8 Å². The van der Waals surface area contributed by atoms with Gasteiger partial charge in [-0.2, -0.15) is 10.1 Å². The minimum atomic E-state index is -2.58. The normalized spacial score (nSPS) is 13.5. The van der Waals surface area contributed by atoms with Gasteiger partial charge in [-0.05, 0) is 31.5 Å². The van der Waals surface area contributed by atoms with Crippen LogP contribution in [0.15, 0.2) is 48.8 Å². The van der Waals surface area contributed by atoms with E-state index >= 15 is 0 Å². The number of carbonyl (C=O) groups excluding carboxylic acids is 1. The summed E-state index contributed by atoms with van der Waals surface area (Å²) in [5.74, 6) is 1.07. The molecule has 0 saturated heterocycles. The van der Waals surface area contributed by atoms with E-state index in [2.05, 4.69) is 20.2 Å².